The van der Waals surface area contributed by atoms with Crippen molar-refractivity contribution in [2.75, 3.05) is 36.8 Å². The Hall–Kier alpha value is -3.47. The molecule has 0 aliphatic heterocycles. The number of nitrogens with one attached hydrogen (secondary N) is 1. The van der Waals surface area contributed by atoms with Crippen molar-refractivity contribution < 1.29 is 18.7 Å². The van der Waals surface area contributed by atoms with Gasteiger partial charge in [-0.25, -0.2) is 4.39 Å². The van der Waals surface area contributed by atoms with Gasteiger partial charge in [-0.1, -0.05) is 37.0 Å². The van der Waals surface area contributed by atoms with Crippen LogP contribution in [0.1, 0.15) is 42.8 Å². The molecule has 1 atom stereocenters. The molecule has 2 amide bonds. The van der Waals surface area contributed by atoms with Crippen molar-refractivity contribution in [2.24, 2.45) is 0 Å². The van der Waals surface area contributed by atoms with Gasteiger partial charge in [-0.15, -0.1) is 10.2 Å². The number of halogens is 3. The molecule has 3 aromatic rings. The molecule has 0 saturated heterocycles. The molecule has 3 N–H and O–H groups in total. The number of nitrogens with zero attached hydrogens (tertiary/aromatic N) is 4. The first-order valence-electron chi connectivity index (χ1n) is 12.0. The largest absolute Gasteiger partial charge is 0.482 e. The summed E-state index contributed by atoms with van der Waals surface area (Å²) in [5.74, 6) is -0.699. The van der Waals surface area contributed by atoms with Gasteiger partial charge in [-0.3, -0.25) is 14.5 Å². The van der Waals surface area contributed by atoms with Crippen LogP contribution in [0.25, 0.3) is 0 Å². The first kappa shape index (κ1) is 29.1. The smallest absolute Gasteiger partial charge is 0.251 e. The van der Waals surface area contributed by atoms with E-state index in [4.69, 9.17) is 33.7 Å². The lowest BCUT2D eigenvalue weighted by Gasteiger charge is -2.21. The molecule has 0 aliphatic rings. The van der Waals surface area contributed by atoms with Crippen LogP contribution in [0.3, 0.4) is 0 Å². The summed E-state index contributed by atoms with van der Waals surface area (Å²) in [6.07, 6.45) is -0.248. The Morgan fingerprint density at radius 3 is 2.47 bits per heavy atom. The number of likely N-dealkylation sites (N-methyl/N-ethyl adjacent to an activating group) is 1. The van der Waals surface area contributed by atoms with Crippen LogP contribution in [0.5, 0.6) is 5.75 Å². The molecule has 38 heavy (non-hydrogen) atoms. The van der Waals surface area contributed by atoms with E-state index < -0.39 is 11.9 Å². The maximum atomic E-state index is 14.0. The van der Waals surface area contributed by atoms with Gasteiger partial charge in [-0.05, 0) is 56.4 Å². The molecular weight excluding hydrogens is 534 g/mol. The van der Waals surface area contributed by atoms with Crippen LogP contribution in [0.4, 0.5) is 21.7 Å². The van der Waals surface area contributed by atoms with Crippen molar-refractivity contribution >= 4 is 52.8 Å². The number of hydrogen-bond acceptors (Lipinski definition) is 7. The Bertz CT molecular complexity index is 1270. The topological polar surface area (TPSA) is 114 Å². The van der Waals surface area contributed by atoms with E-state index in [2.05, 4.69) is 34.3 Å². The van der Waals surface area contributed by atoms with E-state index >= 15 is 0 Å². The molecule has 1 heterocycles. The minimum Gasteiger partial charge on any atom is -0.482 e. The predicted octanol–water partition coefficient (Wildman–Crippen LogP) is 5.01. The third-order valence-electron chi connectivity index (χ3n) is 5.93. The molecular formula is C26H29Cl2FN6O3. The van der Waals surface area contributed by atoms with Gasteiger partial charge in [0.1, 0.15) is 11.9 Å². The summed E-state index contributed by atoms with van der Waals surface area (Å²) in [4.78, 5) is 27.9. The molecule has 0 aliphatic carbocycles. The number of amides is 2. The van der Waals surface area contributed by atoms with Crippen LogP contribution in [-0.2, 0) is 4.79 Å². The Kier molecular flexibility index (Phi) is 10.2. The minimum absolute atomic E-state index is 0.0492. The number of ether oxygens (including phenoxy) is 1. The van der Waals surface area contributed by atoms with Crippen molar-refractivity contribution in [3.63, 3.8) is 0 Å². The van der Waals surface area contributed by atoms with Gasteiger partial charge in [0.25, 0.3) is 5.91 Å². The highest BCUT2D eigenvalue weighted by molar-refractivity contribution is 6.36. The SMILES string of the molecule is CCN(CC)CCNC(=O)c1ccc(N(C=O)c2cc(O[C@H](C)c3c(Cl)ccc(F)c3Cl)c(N)nn2)cc1. The first-order chi connectivity index (χ1) is 18.2. The second-order valence-electron chi connectivity index (χ2n) is 8.27. The summed E-state index contributed by atoms with van der Waals surface area (Å²) in [6.45, 7) is 8.86. The lowest BCUT2D eigenvalue weighted by molar-refractivity contribution is -0.106. The Labute approximate surface area is 230 Å². The fourth-order valence-electron chi connectivity index (χ4n) is 3.74. The second kappa shape index (κ2) is 13.4. The van der Waals surface area contributed by atoms with E-state index in [1.54, 1.807) is 31.2 Å². The number of carbonyl (C=O) groups is 2. The Morgan fingerprint density at radius 2 is 1.84 bits per heavy atom. The lowest BCUT2D eigenvalue weighted by atomic mass is 10.1. The summed E-state index contributed by atoms with van der Waals surface area (Å²) in [6, 6.07) is 10.4. The van der Waals surface area contributed by atoms with E-state index in [9.17, 15) is 14.0 Å². The summed E-state index contributed by atoms with van der Waals surface area (Å²) in [7, 11) is 0. The molecule has 12 heteroatoms. The van der Waals surface area contributed by atoms with Gasteiger partial charge >= 0.3 is 0 Å². The van der Waals surface area contributed by atoms with Gasteiger partial charge in [0.05, 0.1) is 10.7 Å². The van der Waals surface area contributed by atoms with Gasteiger partial charge in [-0.2, -0.15) is 0 Å². The van der Waals surface area contributed by atoms with Crippen LogP contribution in [-0.4, -0.2) is 53.6 Å². The number of hydrogen-bond donors (Lipinski definition) is 2. The van der Waals surface area contributed by atoms with Crippen molar-refractivity contribution in [1.29, 1.82) is 0 Å². The zero-order chi connectivity index (χ0) is 27.8. The predicted molar refractivity (Wildman–Crippen MR) is 147 cm³/mol. The van der Waals surface area contributed by atoms with Gasteiger partial charge in [0.2, 0.25) is 6.41 Å². The molecule has 9 nitrogen and oxygen atoms in total. The number of benzene rings is 2. The molecule has 0 fully saturated rings. The summed E-state index contributed by atoms with van der Waals surface area (Å²) >= 11 is 12.3. The molecule has 0 radical (unpaired) electrons. The summed E-state index contributed by atoms with van der Waals surface area (Å²) in [5, 5.41) is 10.8. The van der Waals surface area contributed by atoms with Crippen molar-refractivity contribution in [3.8, 4) is 5.75 Å². The van der Waals surface area contributed by atoms with E-state index in [1.165, 1.54) is 17.0 Å². The highest BCUT2D eigenvalue weighted by Gasteiger charge is 2.21. The highest BCUT2D eigenvalue weighted by atomic mass is 35.5. The third kappa shape index (κ3) is 6.89. The Balaban J connectivity index is 1.76. The summed E-state index contributed by atoms with van der Waals surface area (Å²) < 4.78 is 19.9. The number of carbonyl (C=O) groups excluding carboxylic acids is 2. The van der Waals surface area contributed by atoms with E-state index in [1.807, 2.05) is 0 Å². The minimum atomic E-state index is -0.797. The first-order valence-corrected chi connectivity index (χ1v) is 12.7. The average molecular weight is 563 g/mol. The average Bonchev–Trinajstić information content (AvgIpc) is 2.91. The molecule has 202 valence electrons. The lowest BCUT2D eigenvalue weighted by Crippen LogP contribution is -2.34. The van der Waals surface area contributed by atoms with Crippen LogP contribution in [0.15, 0.2) is 42.5 Å². The molecule has 0 saturated carbocycles. The normalized spacial score (nSPS) is 11.8. The monoisotopic (exact) mass is 562 g/mol. The zero-order valence-electron chi connectivity index (χ0n) is 21.2. The molecule has 0 unspecified atom stereocenters. The number of nitrogens with two attached hydrogens (primary N) is 1. The maximum absolute atomic E-state index is 14.0. The molecule has 0 bridgehead atoms. The van der Waals surface area contributed by atoms with Gasteiger partial charge in [0, 0.05) is 35.3 Å². The number of nitrogen functional groups attached to an aromatic ring is 1. The third-order valence-corrected chi connectivity index (χ3v) is 6.64. The maximum Gasteiger partial charge on any atom is 0.251 e. The van der Waals surface area contributed by atoms with Crippen molar-refractivity contribution in [3.05, 3.63) is 69.5 Å². The van der Waals surface area contributed by atoms with Crippen LogP contribution in [0.2, 0.25) is 10.0 Å². The molecule has 3 rings (SSSR count). The number of rotatable bonds is 12. The van der Waals surface area contributed by atoms with Crippen molar-refractivity contribution in [2.45, 2.75) is 26.9 Å². The second-order valence-corrected chi connectivity index (χ2v) is 9.06. The van der Waals surface area contributed by atoms with E-state index in [0.717, 1.165) is 25.7 Å². The van der Waals surface area contributed by atoms with E-state index in [0.29, 0.717) is 24.2 Å². The highest BCUT2D eigenvalue weighted by Crippen LogP contribution is 2.37. The molecule has 2 aromatic carbocycles. The van der Waals surface area contributed by atoms with E-state index in [-0.39, 0.29) is 38.9 Å². The quantitative estimate of drug-likeness (QED) is 0.235. The van der Waals surface area contributed by atoms with Crippen LogP contribution in [0, 0.1) is 5.82 Å². The van der Waals surface area contributed by atoms with Gasteiger partial charge in [0.15, 0.2) is 17.4 Å². The van der Waals surface area contributed by atoms with Crippen LogP contribution < -0.4 is 20.7 Å². The number of aromatic nitrogens is 2. The zero-order valence-corrected chi connectivity index (χ0v) is 22.8. The fraction of sp³-hybridized carbons (Fsp3) is 0.308. The van der Waals surface area contributed by atoms with Crippen molar-refractivity contribution in [1.82, 2.24) is 20.4 Å². The number of anilines is 3. The Morgan fingerprint density at radius 1 is 1.16 bits per heavy atom. The standard InChI is InChI=1S/C26H29Cl2FN6O3/c1-4-34(5-2)13-12-31-26(37)17-6-8-18(9-7-17)35(15-36)22-14-21(25(30)33-32-22)38-16(3)23-19(27)10-11-20(29)24(23)28/h6-11,14-16H,4-5,12-13H2,1-3H3,(H2,30,33)(H,31,37)/t16-/m1/s1. The van der Waals surface area contributed by atoms with Crippen LogP contribution >= 0.6 is 23.2 Å². The fourth-order valence-corrected chi connectivity index (χ4v) is 4.42. The molecule has 1 aromatic heterocycles. The summed E-state index contributed by atoms with van der Waals surface area (Å²) in [5.41, 5.74) is 7.07. The molecule has 0 spiro atoms. The van der Waals surface area contributed by atoms with Gasteiger partial charge < -0.3 is 20.7 Å².